The van der Waals surface area contributed by atoms with Gasteiger partial charge in [-0.15, -0.1) is 0 Å². The Bertz CT molecular complexity index is 101. The van der Waals surface area contributed by atoms with Crippen LogP contribution in [0.5, 0.6) is 0 Å². The Morgan fingerprint density at radius 2 is 2.67 bits per heavy atom. The molecule has 0 aromatic heterocycles. The molecule has 0 aromatic rings. The van der Waals surface area contributed by atoms with Gasteiger partial charge >= 0.3 is 0 Å². The molecule has 1 aliphatic heterocycles. The number of nitrogens with one attached hydrogen (secondary N) is 1. The van der Waals surface area contributed by atoms with E-state index >= 15 is 0 Å². The van der Waals surface area contributed by atoms with Gasteiger partial charge in [-0.3, -0.25) is 0 Å². The van der Waals surface area contributed by atoms with Crippen LogP contribution in [0.2, 0.25) is 0 Å². The zero-order valence-corrected chi connectivity index (χ0v) is 5.76. The Kier molecular flexibility index (Phi) is 2.58. The summed E-state index contributed by atoms with van der Waals surface area (Å²) in [5.41, 5.74) is 0. The molecule has 2 heteroatoms. The van der Waals surface area contributed by atoms with Crippen molar-refractivity contribution in [1.82, 2.24) is 5.32 Å². The van der Waals surface area contributed by atoms with Crippen molar-refractivity contribution in [3.05, 3.63) is 12.3 Å². The van der Waals surface area contributed by atoms with E-state index in [0.717, 1.165) is 19.4 Å². The number of hydrogen-bond donors (Lipinski definition) is 1. The average Bonchev–Trinajstić information content (AvgIpc) is 1.91. The van der Waals surface area contributed by atoms with Crippen molar-refractivity contribution in [1.29, 1.82) is 0 Å². The van der Waals surface area contributed by atoms with Crippen molar-refractivity contribution in [2.75, 3.05) is 6.61 Å². The van der Waals surface area contributed by atoms with E-state index in [9.17, 15) is 0 Å². The molecule has 0 saturated heterocycles. The zero-order valence-electron chi connectivity index (χ0n) is 5.76. The number of allylic oxidation sites excluding steroid dienone is 1. The van der Waals surface area contributed by atoms with Crippen LogP contribution in [0.4, 0.5) is 0 Å². The molecule has 1 aliphatic rings. The topological polar surface area (TPSA) is 21.3 Å². The third-order valence-corrected chi connectivity index (χ3v) is 1.36. The third-order valence-electron chi connectivity index (χ3n) is 1.36. The minimum absolute atomic E-state index is 0.264. The van der Waals surface area contributed by atoms with Gasteiger partial charge < -0.3 is 10.1 Å². The molecular formula is C7H13NO. The first kappa shape index (κ1) is 6.62. The lowest BCUT2D eigenvalue weighted by Gasteiger charge is -2.19. The zero-order chi connectivity index (χ0) is 6.53. The van der Waals surface area contributed by atoms with Crippen LogP contribution in [0.25, 0.3) is 0 Å². The summed E-state index contributed by atoms with van der Waals surface area (Å²) in [6, 6.07) is 0. The lowest BCUT2D eigenvalue weighted by molar-refractivity contribution is 0.0397. The Hall–Kier alpha value is -0.500. The lowest BCUT2D eigenvalue weighted by Crippen LogP contribution is -2.29. The Morgan fingerprint density at radius 1 is 1.78 bits per heavy atom. The first-order valence-corrected chi connectivity index (χ1v) is 3.46. The molecule has 0 aromatic carbocycles. The Morgan fingerprint density at radius 3 is 3.22 bits per heavy atom. The molecular weight excluding hydrogens is 114 g/mol. The van der Waals surface area contributed by atoms with Gasteiger partial charge in [-0.2, -0.15) is 0 Å². The molecule has 0 radical (unpaired) electrons. The maximum absolute atomic E-state index is 5.32. The molecule has 9 heavy (non-hydrogen) atoms. The van der Waals surface area contributed by atoms with Crippen molar-refractivity contribution < 1.29 is 4.74 Å². The largest absolute Gasteiger partial charge is 0.367 e. The molecule has 0 aliphatic carbocycles. The molecule has 0 saturated carbocycles. The van der Waals surface area contributed by atoms with Crippen molar-refractivity contribution in [2.24, 2.45) is 0 Å². The third kappa shape index (κ3) is 2.06. The van der Waals surface area contributed by atoms with Crippen molar-refractivity contribution in [3.8, 4) is 0 Å². The van der Waals surface area contributed by atoms with Gasteiger partial charge in [0.1, 0.15) is 6.23 Å². The molecule has 0 amide bonds. The first-order chi connectivity index (χ1) is 4.43. The fourth-order valence-corrected chi connectivity index (χ4v) is 0.922. The van der Waals surface area contributed by atoms with E-state index in [1.54, 1.807) is 0 Å². The van der Waals surface area contributed by atoms with Crippen LogP contribution in [0, 0.1) is 0 Å². The summed E-state index contributed by atoms with van der Waals surface area (Å²) in [7, 11) is 0. The normalized spacial score (nSPS) is 25.7. The van der Waals surface area contributed by atoms with Gasteiger partial charge in [0.05, 0.1) is 0 Å². The molecule has 1 atom stereocenters. The van der Waals surface area contributed by atoms with Crippen LogP contribution in [-0.4, -0.2) is 12.8 Å². The van der Waals surface area contributed by atoms with Crippen LogP contribution in [0.15, 0.2) is 12.3 Å². The maximum atomic E-state index is 5.32. The average molecular weight is 127 g/mol. The standard InChI is InChI=1S/C7H13NO/c1-2-9-7-5-3-4-6-8-7/h4,6-8H,2-3,5H2,1H3. The molecule has 1 N–H and O–H groups in total. The van der Waals surface area contributed by atoms with E-state index in [2.05, 4.69) is 11.4 Å². The monoisotopic (exact) mass is 127 g/mol. The minimum Gasteiger partial charge on any atom is -0.367 e. The molecule has 1 unspecified atom stereocenters. The molecule has 2 nitrogen and oxygen atoms in total. The van der Waals surface area contributed by atoms with Gasteiger partial charge in [-0.25, -0.2) is 0 Å². The van der Waals surface area contributed by atoms with Crippen LogP contribution in [0.1, 0.15) is 19.8 Å². The molecule has 0 fully saturated rings. The smallest absolute Gasteiger partial charge is 0.127 e. The van der Waals surface area contributed by atoms with E-state index in [0.29, 0.717) is 0 Å². The number of hydrogen-bond acceptors (Lipinski definition) is 2. The summed E-state index contributed by atoms with van der Waals surface area (Å²) < 4.78 is 5.32. The van der Waals surface area contributed by atoms with E-state index in [1.165, 1.54) is 0 Å². The van der Waals surface area contributed by atoms with Gasteiger partial charge in [0, 0.05) is 6.61 Å². The second-order valence-electron chi connectivity index (χ2n) is 2.09. The fourth-order valence-electron chi connectivity index (χ4n) is 0.922. The van der Waals surface area contributed by atoms with Gasteiger partial charge in [0.15, 0.2) is 0 Å². The Balaban J connectivity index is 2.18. The Labute approximate surface area is 55.9 Å². The van der Waals surface area contributed by atoms with E-state index < -0.39 is 0 Å². The quantitative estimate of drug-likeness (QED) is 0.602. The van der Waals surface area contributed by atoms with E-state index in [-0.39, 0.29) is 6.23 Å². The lowest BCUT2D eigenvalue weighted by atomic mass is 10.2. The molecule has 1 heterocycles. The highest BCUT2D eigenvalue weighted by Crippen LogP contribution is 2.04. The first-order valence-electron chi connectivity index (χ1n) is 3.46. The van der Waals surface area contributed by atoms with Gasteiger partial charge in [-0.1, -0.05) is 6.08 Å². The fraction of sp³-hybridized carbons (Fsp3) is 0.714. The van der Waals surface area contributed by atoms with Crippen LogP contribution in [0.3, 0.4) is 0 Å². The predicted octanol–water partition coefficient (Wildman–Crippen LogP) is 1.25. The van der Waals surface area contributed by atoms with Crippen LogP contribution < -0.4 is 5.32 Å². The molecule has 0 bridgehead atoms. The van der Waals surface area contributed by atoms with E-state index in [4.69, 9.17) is 4.74 Å². The minimum atomic E-state index is 0.264. The van der Waals surface area contributed by atoms with Crippen molar-refractivity contribution >= 4 is 0 Å². The summed E-state index contributed by atoms with van der Waals surface area (Å²) in [5.74, 6) is 0. The van der Waals surface area contributed by atoms with Gasteiger partial charge in [0.25, 0.3) is 0 Å². The maximum Gasteiger partial charge on any atom is 0.127 e. The van der Waals surface area contributed by atoms with Gasteiger partial charge in [-0.05, 0) is 26.0 Å². The number of ether oxygens (including phenoxy) is 1. The second kappa shape index (κ2) is 3.51. The van der Waals surface area contributed by atoms with Crippen LogP contribution in [-0.2, 0) is 4.74 Å². The van der Waals surface area contributed by atoms with E-state index in [1.807, 2.05) is 13.1 Å². The SMILES string of the molecule is CCOC1CCC=CN1. The highest BCUT2D eigenvalue weighted by Gasteiger charge is 2.05. The molecule has 52 valence electrons. The van der Waals surface area contributed by atoms with Gasteiger partial charge in [0.2, 0.25) is 0 Å². The second-order valence-corrected chi connectivity index (χ2v) is 2.09. The summed E-state index contributed by atoms with van der Waals surface area (Å²) >= 11 is 0. The van der Waals surface area contributed by atoms with Crippen molar-refractivity contribution in [2.45, 2.75) is 26.0 Å². The number of rotatable bonds is 2. The summed E-state index contributed by atoms with van der Waals surface area (Å²) in [6.07, 6.45) is 6.58. The summed E-state index contributed by atoms with van der Waals surface area (Å²) in [5, 5.41) is 3.12. The molecule has 1 rings (SSSR count). The predicted molar refractivity (Wildman–Crippen MR) is 36.9 cm³/mol. The highest BCUT2D eigenvalue weighted by atomic mass is 16.5. The molecule has 0 spiro atoms. The highest BCUT2D eigenvalue weighted by molar-refractivity contribution is 4.86. The van der Waals surface area contributed by atoms with Crippen LogP contribution >= 0.6 is 0 Å². The van der Waals surface area contributed by atoms with Crippen molar-refractivity contribution in [3.63, 3.8) is 0 Å². The summed E-state index contributed by atoms with van der Waals surface area (Å²) in [6.45, 7) is 2.81. The summed E-state index contributed by atoms with van der Waals surface area (Å²) in [4.78, 5) is 0.